The van der Waals surface area contributed by atoms with Crippen LogP contribution >= 0.6 is 11.8 Å². The molecule has 1 saturated heterocycles. The third-order valence-corrected chi connectivity index (χ3v) is 4.00. The molecule has 3 rings (SSSR count). The van der Waals surface area contributed by atoms with Crippen LogP contribution in [0.1, 0.15) is 6.42 Å². The van der Waals surface area contributed by atoms with Gasteiger partial charge in [-0.1, -0.05) is 5.21 Å². The van der Waals surface area contributed by atoms with Crippen molar-refractivity contribution in [1.29, 1.82) is 0 Å². The normalized spacial score (nSPS) is 21.2. The Morgan fingerprint density at radius 3 is 3.40 bits per heavy atom. The molecule has 15 heavy (non-hydrogen) atoms. The molecule has 1 unspecified atom stereocenters. The summed E-state index contributed by atoms with van der Waals surface area (Å²) in [6.07, 6.45) is 4.87. The number of rotatable bonds is 2. The first kappa shape index (κ1) is 9.15. The van der Waals surface area contributed by atoms with Gasteiger partial charge in [0.2, 0.25) is 0 Å². The summed E-state index contributed by atoms with van der Waals surface area (Å²) in [6.45, 7) is 0.994. The van der Waals surface area contributed by atoms with Gasteiger partial charge in [0.1, 0.15) is 5.52 Å². The van der Waals surface area contributed by atoms with E-state index >= 15 is 0 Å². The Morgan fingerprint density at radius 2 is 2.53 bits per heavy atom. The van der Waals surface area contributed by atoms with Gasteiger partial charge in [-0.2, -0.15) is 11.8 Å². The van der Waals surface area contributed by atoms with Crippen molar-refractivity contribution in [2.24, 2.45) is 5.92 Å². The first-order valence-electron chi connectivity index (χ1n) is 5.14. The van der Waals surface area contributed by atoms with E-state index in [1.807, 2.05) is 22.5 Å². The van der Waals surface area contributed by atoms with Crippen LogP contribution in [0.25, 0.3) is 11.0 Å². The van der Waals surface area contributed by atoms with E-state index in [9.17, 15) is 0 Å². The molecule has 1 fully saturated rings. The summed E-state index contributed by atoms with van der Waals surface area (Å²) in [5.74, 6) is 3.30. The Bertz CT molecular complexity index is 461. The molecular formula is C10H12N4S. The molecule has 1 aliphatic rings. The highest BCUT2D eigenvalue weighted by Crippen LogP contribution is 2.25. The van der Waals surface area contributed by atoms with Crippen molar-refractivity contribution < 1.29 is 0 Å². The smallest absolute Gasteiger partial charge is 0.131 e. The molecule has 4 nitrogen and oxygen atoms in total. The van der Waals surface area contributed by atoms with Crippen molar-refractivity contribution in [2.45, 2.75) is 13.0 Å². The lowest BCUT2D eigenvalue weighted by molar-refractivity contribution is 0.459. The second-order valence-electron chi connectivity index (χ2n) is 3.87. The van der Waals surface area contributed by atoms with Crippen molar-refractivity contribution in [3.63, 3.8) is 0 Å². The molecule has 0 bridgehead atoms. The predicted molar refractivity (Wildman–Crippen MR) is 60.8 cm³/mol. The predicted octanol–water partition coefficient (Wildman–Crippen LogP) is 1.58. The first-order valence-corrected chi connectivity index (χ1v) is 6.30. The summed E-state index contributed by atoms with van der Waals surface area (Å²) in [5, 5.41) is 8.28. The standard InChI is InChI=1S/C10H12N4S/c1-3-11-5-9-10(1)14(13-12-9)6-8-2-4-15-7-8/h1,3,5,8H,2,4,6-7H2. The monoisotopic (exact) mass is 220 g/mol. The zero-order valence-corrected chi connectivity index (χ0v) is 9.15. The molecule has 0 aliphatic carbocycles. The Labute approximate surface area is 92.1 Å². The fourth-order valence-corrected chi connectivity index (χ4v) is 3.20. The average molecular weight is 220 g/mol. The number of hydrogen-bond donors (Lipinski definition) is 0. The summed E-state index contributed by atoms with van der Waals surface area (Å²) < 4.78 is 2.01. The van der Waals surface area contributed by atoms with Crippen LogP contribution in [0.2, 0.25) is 0 Å². The maximum atomic E-state index is 4.18. The minimum atomic E-state index is 0.757. The molecule has 3 heterocycles. The first-order chi connectivity index (χ1) is 7.43. The largest absolute Gasteiger partial charge is 0.262 e. The van der Waals surface area contributed by atoms with Gasteiger partial charge in [0.15, 0.2) is 0 Å². The van der Waals surface area contributed by atoms with Crippen LogP contribution in [0.15, 0.2) is 18.5 Å². The molecular weight excluding hydrogens is 208 g/mol. The molecule has 0 radical (unpaired) electrons. The van der Waals surface area contributed by atoms with Crippen LogP contribution in [0.5, 0.6) is 0 Å². The summed E-state index contributed by atoms with van der Waals surface area (Å²) in [7, 11) is 0. The number of aromatic nitrogens is 4. The van der Waals surface area contributed by atoms with Gasteiger partial charge in [0.05, 0.1) is 11.7 Å². The summed E-state index contributed by atoms with van der Waals surface area (Å²) >= 11 is 2.04. The van der Waals surface area contributed by atoms with Gasteiger partial charge in [0.25, 0.3) is 0 Å². The number of pyridine rings is 1. The average Bonchev–Trinajstić information content (AvgIpc) is 2.89. The SMILES string of the molecule is c1cc2c(cn1)nnn2CC1CCSC1. The van der Waals surface area contributed by atoms with E-state index in [0.29, 0.717) is 0 Å². The Balaban J connectivity index is 1.90. The zero-order valence-electron chi connectivity index (χ0n) is 8.33. The molecule has 2 aromatic heterocycles. The van der Waals surface area contributed by atoms with Gasteiger partial charge in [-0.05, 0) is 29.9 Å². The zero-order chi connectivity index (χ0) is 10.1. The number of hydrogen-bond acceptors (Lipinski definition) is 4. The van der Waals surface area contributed by atoms with Gasteiger partial charge in [-0.3, -0.25) is 4.98 Å². The lowest BCUT2D eigenvalue weighted by Crippen LogP contribution is -2.11. The Morgan fingerprint density at radius 1 is 1.53 bits per heavy atom. The lowest BCUT2D eigenvalue weighted by Gasteiger charge is -2.07. The minimum Gasteiger partial charge on any atom is -0.262 e. The van der Waals surface area contributed by atoms with E-state index in [4.69, 9.17) is 0 Å². The number of nitrogens with zero attached hydrogens (tertiary/aromatic N) is 4. The summed E-state index contributed by atoms with van der Waals surface area (Å²) in [6, 6.07) is 1.98. The Kier molecular flexibility index (Phi) is 2.32. The molecule has 78 valence electrons. The molecule has 0 aromatic carbocycles. The van der Waals surface area contributed by atoms with Gasteiger partial charge in [-0.25, -0.2) is 4.68 Å². The van der Waals surface area contributed by atoms with Crippen molar-refractivity contribution in [3.05, 3.63) is 18.5 Å². The third-order valence-electron chi connectivity index (χ3n) is 2.77. The van der Waals surface area contributed by atoms with E-state index < -0.39 is 0 Å². The molecule has 0 amide bonds. The topological polar surface area (TPSA) is 43.6 Å². The lowest BCUT2D eigenvalue weighted by atomic mass is 10.1. The van der Waals surface area contributed by atoms with Crippen molar-refractivity contribution in [3.8, 4) is 0 Å². The molecule has 2 aromatic rings. The second kappa shape index (κ2) is 3.81. The summed E-state index contributed by atoms with van der Waals surface area (Å²) in [5.41, 5.74) is 1.99. The van der Waals surface area contributed by atoms with E-state index in [2.05, 4.69) is 15.3 Å². The second-order valence-corrected chi connectivity index (χ2v) is 5.02. The highest BCUT2D eigenvalue weighted by Gasteiger charge is 2.17. The fourth-order valence-electron chi connectivity index (χ4n) is 1.93. The van der Waals surface area contributed by atoms with Gasteiger partial charge >= 0.3 is 0 Å². The van der Waals surface area contributed by atoms with Crippen molar-refractivity contribution >= 4 is 22.8 Å². The molecule has 0 N–H and O–H groups in total. The quantitative estimate of drug-likeness (QED) is 0.770. The van der Waals surface area contributed by atoms with Crippen LogP contribution in [0.4, 0.5) is 0 Å². The van der Waals surface area contributed by atoms with Crippen molar-refractivity contribution in [1.82, 2.24) is 20.0 Å². The number of thioether (sulfide) groups is 1. The molecule has 0 saturated carbocycles. The number of fused-ring (bicyclic) bond motifs is 1. The highest BCUT2D eigenvalue weighted by molar-refractivity contribution is 7.99. The molecule has 1 atom stereocenters. The highest BCUT2D eigenvalue weighted by atomic mass is 32.2. The van der Waals surface area contributed by atoms with E-state index in [0.717, 1.165) is 23.5 Å². The van der Waals surface area contributed by atoms with E-state index in [1.165, 1.54) is 17.9 Å². The van der Waals surface area contributed by atoms with Crippen LogP contribution in [-0.4, -0.2) is 31.5 Å². The Hall–Kier alpha value is -1.10. The van der Waals surface area contributed by atoms with Crippen molar-refractivity contribution in [2.75, 3.05) is 11.5 Å². The third kappa shape index (κ3) is 1.71. The fraction of sp³-hybridized carbons (Fsp3) is 0.500. The maximum absolute atomic E-state index is 4.18. The molecule has 1 aliphatic heterocycles. The van der Waals surface area contributed by atoms with Crippen LogP contribution < -0.4 is 0 Å². The molecule has 0 spiro atoms. The van der Waals surface area contributed by atoms with Gasteiger partial charge < -0.3 is 0 Å². The van der Waals surface area contributed by atoms with E-state index in [1.54, 1.807) is 12.4 Å². The van der Waals surface area contributed by atoms with E-state index in [-0.39, 0.29) is 0 Å². The van der Waals surface area contributed by atoms with Gasteiger partial charge in [0, 0.05) is 12.7 Å². The van der Waals surface area contributed by atoms with Crippen LogP contribution in [0, 0.1) is 5.92 Å². The molecule has 5 heteroatoms. The summed E-state index contributed by atoms with van der Waals surface area (Å²) in [4.78, 5) is 4.04. The maximum Gasteiger partial charge on any atom is 0.131 e. The minimum absolute atomic E-state index is 0.757. The van der Waals surface area contributed by atoms with Crippen LogP contribution in [-0.2, 0) is 6.54 Å². The van der Waals surface area contributed by atoms with Gasteiger partial charge in [-0.15, -0.1) is 5.10 Å². The van der Waals surface area contributed by atoms with Crippen LogP contribution in [0.3, 0.4) is 0 Å².